The van der Waals surface area contributed by atoms with Gasteiger partial charge in [-0.25, -0.2) is 4.79 Å². The molecule has 0 aliphatic heterocycles. The lowest BCUT2D eigenvalue weighted by molar-refractivity contribution is 0.0697. The Morgan fingerprint density at radius 3 is 2.65 bits per heavy atom. The van der Waals surface area contributed by atoms with Gasteiger partial charge in [0.15, 0.2) is 0 Å². The molecular weight excluding hydrogens is 214 g/mol. The summed E-state index contributed by atoms with van der Waals surface area (Å²) < 4.78 is 2.26. The van der Waals surface area contributed by atoms with E-state index in [1.165, 1.54) is 11.3 Å². The fourth-order valence-electron chi connectivity index (χ4n) is 2.29. The fourth-order valence-corrected chi connectivity index (χ4v) is 2.29. The maximum absolute atomic E-state index is 11.0. The number of aromatic nitrogens is 1. The van der Waals surface area contributed by atoms with Gasteiger partial charge in [0.2, 0.25) is 0 Å². The van der Waals surface area contributed by atoms with E-state index >= 15 is 0 Å². The number of benzene rings is 1. The highest BCUT2D eigenvalue weighted by Crippen LogP contribution is 2.26. The summed E-state index contributed by atoms with van der Waals surface area (Å²) in [6, 6.07) is 5.36. The van der Waals surface area contributed by atoms with Crippen LogP contribution in [0.3, 0.4) is 0 Å². The van der Waals surface area contributed by atoms with Crippen LogP contribution in [-0.4, -0.2) is 15.6 Å². The number of carboxylic acids is 1. The molecule has 2 aromatic rings. The van der Waals surface area contributed by atoms with Crippen molar-refractivity contribution in [1.29, 1.82) is 0 Å². The van der Waals surface area contributed by atoms with Gasteiger partial charge in [-0.05, 0) is 44.0 Å². The Hall–Kier alpha value is -1.77. The van der Waals surface area contributed by atoms with E-state index in [4.69, 9.17) is 5.11 Å². The molecule has 0 aliphatic carbocycles. The molecule has 0 spiro atoms. The van der Waals surface area contributed by atoms with Crippen LogP contribution in [0.2, 0.25) is 0 Å². The summed E-state index contributed by atoms with van der Waals surface area (Å²) in [5, 5.41) is 10.1. The van der Waals surface area contributed by atoms with Crippen LogP contribution < -0.4 is 0 Å². The van der Waals surface area contributed by atoms with E-state index in [2.05, 4.69) is 25.3 Å². The summed E-state index contributed by atoms with van der Waals surface area (Å²) in [6.07, 6.45) is 1.07. The Bertz CT molecular complexity index is 581. The van der Waals surface area contributed by atoms with Gasteiger partial charge < -0.3 is 9.67 Å². The predicted molar refractivity (Wildman–Crippen MR) is 68.7 cm³/mol. The van der Waals surface area contributed by atoms with Crippen LogP contribution >= 0.6 is 0 Å². The van der Waals surface area contributed by atoms with Gasteiger partial charge in [0.05, 0.1) is 5.56 Å². The number of hydrogen-bond acceptors (Lipinski definition) is 1. The van der Waals surface area contributed by atoms with E-state index in [0.717, 1.165) is 23.9 Å². The molecule has 0 atom stereocenters. The minimum atomic E-state index is -0.868. The average molecular weight is 231 g/mol. The van der Waals surface area contributed by atoms with Crippen molar-refractivity contribution in [2.75, 3.05) is 0 Å². The zero-order chi connectivity index (χ0) is 12.6. The standard InChI is InChI=1S/C14H17NO2/c1-4-7-15-10(3)9(2)12-8-11(14(16)17)5-6-13(12)15/h5-6,8H,4,7H2,1-3H3,(H,16,17). The Kier molecular flexibility index (Phi) is 2.92. The molecule has 3 nitrogen and oxygen atoms in total. The molecule has 3 heteroatoms. The monoisotopic (exact) mass is 231 g/mol. The Balaban J connectivity index is 2.71. The van der Waals surface area contributed by atoms with Crippen LogP contribution in [0, 0.1) is 13.8 Å². The van der Waals surface area contributed by atoms with Gasteiger partial charge in [-0.15, -0.1) is 0 Å². The largest absolute Gasteiger partial charge is 0.478 e. The van der Waals surface area contributed by atoms with Crippen LogP contribution in [0.25, 0.3) is 10.9 Å². The van der Waals surface area contributed by atoms with E-state index in [1.807, 2.05) is 6.07 Å². The van der Waals surface area contributed by atoms with Crippen molar-refractivity contribution in [3.63, 3.8) is 0 Å². The maximum atomic E-state index is 11.0. The molecule has 1 aromatic carbocycles. The maximum Gasteiger partial charge on any atom is 0.335 e. The van der Waals surface area contributed by atoms with Crippen molar-refractivity contribution in [2.24, 2.45) is 0 Å². The van der Waals surface area contributed by atoms with E-state index in [1.54, 1.807) is 12.1 Å². The van der Waals surface area contributed by atoms with E-state index in [9.17, 15) is 4.79 Å². The minimum absolute atomic E-state index is 0.356. The Morgan fingerprint density at radius 1 is 1.35 bits per heavy atom. The van der Waals surface area contributed by atoms with Crippen LogP contribution in [0.4, 0.5) is 0 Å². The molecule has 0 bridgehead atoms. The number of hydrogen-bond donors (Lipinski definition) is 1. The summed E-state index contributed by atoms with van der Waals surface area (Å²) >= 11 is 0. The normalized spacial score (nSPS) is 11.0. The molecule has 17 heavy (non-hydrogen) atoms. The summed E-state index contributed by atoms with van der Waals surface area (Å²) in [4.78, 5) is 11.0. The zero-order valence-electron chi connectivity index (χ0n) is 10.4. The smallest absolute Gasteiger partial charge is 0.335 e. The molecule has 0 unspecified atom stereocenters. The molecule has 0 radical (unpaired) electrons. The number of carbonyl (C=O) groups is 1. The lowest BCUT2D eigenvalue weighted by Gasteiger charge is -2.06. The molecule has 1 aromatic heterocycles. The van der Waals surface area contributed by atoms with Gasteiger partial charge in [0, 0.05) is 23.1 Å². The Morgan fingerprint density at radius 2 is 2.06 bits per heavy atom. The first kappa shape index (κ1) is 11.7. The van der Waals surface area contributed by atoms with Gasteiger partial charge in [-0.1, -0.05) is 6.92 Å². The second-order valence-corrected chi connectivity index (χ2v) is 4.40. The number of carboxylic acid groups (broad SMARTS) is 1. The molecule has 0 saturated heterocycles. The molecule has 0 saturated carbocycles. The highest BCUT2D eigenvalue weighted by Gasteiger charge is 2.12. The van der Waals surface area contributed by atoms with Gasteiger partial charge in [-0.2, -0.15) is 0 Å². The number of nitrogens with zero attached hydrogens (tertiary/aromatic N) is 1. The van der Waals surface area contributed by atoms with Crippen molar-refractivity contribution in [1.82, 2.24) is 4.57 Å². The summed E-state index contributed by atoms with van der Waals surface area (Å²) in [5.41, 5.74) is 3.89. The third-order valence-corrected chi connectivity index (χ3v) is 3.33. The zero-order valence-corrected chi connectivity index (χ0v) is 10.4. The molecular formula is C14H17NO2. The third-order valence-electron chi connectivity index (χ3n) is 3.33. The topological polar surface area (TPSA) is 42.2 Å². The van der Waals surface area contributed by atoms with E-state index < -0.39 is 5.97 Å². The first-order chi connectivity index (χ1) is 8.06. The van der Waals surface area contributed by atoms with E-state index in [0.29, 0.717) is 5.56 Å². The molecule has 0 aliphatic rings. The lowest BCUT2D eigenvalue weighted by atomic mass is 10.1. The molecule has 1 N–H and O–H groups in total. The minimum Gasteiger partial charge on any atom is -0.478 e. The van der Waals surface area contributed by atoms with Gasteiger partial charge >= 0.3 is 5.97 Å². The predicted octanol–water partition coefficient (Wildman–Crippen LogP) is 3.37. The molecule has 1 heterocycles. The van der Waals surface area contributed by atoms with Gasteiger partial charge in [-0.3, -0.25) is 0 Å². The van der Waals surface area contributed by atoms with Gasteiger partial charge in [0.25, 0.3) is 0 Å². The molecule has 0 fully saturated rings. The number of rotatable bonds is 3. The van der Waals surface area contributed by atoms with Crippen molar-refractivity contribution >= 4 is 16.9 Å². The second kappa shape index (κ2) is 4.24. The van der Waals surface area contributed by atoms with Crippen molar-refractivity contribution in [3.8, 4) is 0 Å². The number of aryl methyl sites for hydroxylation is 2. The summed E-state index contributed by atoms with van der Waals surface area (Å²) in [7, 11) is 0. The van der Waals surface area contributed by atoms with Crippen molar-refractivity contribution < 1.29 is 9.90 Å². The van der Waals surface area contributed by atoms with E-state index in [-0.39, 0.29) is 0 Å². The van der Waals surface area contributed by atoms with Crippen LogP contribution in [0.15, 0.2) is 18.2 Å². The lowest BCUT2D eigenvalue weighted by Crippen LogP contribution is -1.99. The molecule has 2 rings (SSSR count). The Labute approximate surface area is 101 Å². The highest BCUT2D eigenvalue weighted by molar-refractivity contribution is 5.95. The fraction of sp³-hybridized carbons (Fsp3) is 0.357. The average Bonchev–Trinajstić information content (AvgIpc) is 2.54. The summed E-state index contributed by atoms with van der Waals surface area (Å²) in [6.45, 7) is 7.26. The summed E-state index contributed by atoms with van der Waals surface area (Å²) in [5.74, 6) is -0.868. The second-order valence-electron chi connectivity index (χ2n) is 4.40. The van der Waals surface area contributed by atoms with Crippen LogP contribution in [-0.2, 0) is 6.54 Å². The SMILES string of the molecule is CCCn1c(C)c(C)c2cc(C(=O)O)ccc21. The number of fused-ring (bicyclic) bond motifs is 1. The van der Waals surface area contributed by atoms with Crippen LogP contribution in [0.5, 0.6) is 0 Å². The van der Waals surface area contributed by atoms with Gasteiger partial charge in [0.1, 0.15) is 0 Å². The molecule has 90 valence electrons. The van der Waals surface area contributed by atoms with Crippen LogP contribution in [0.1, 0.15) is 35.0 Å². The van der Waals surface area contributed by atoms with Crippen molar-refractivity contribution in [3.05, 3.63) is 35.0 Å². The number of aromatic carboxylic acids is 1. The highest BCUT2D eigenvalue weighted by atomic mass is 16.4. The van der Waals surface area contributed by atoms with Crippen molar-refractivity contribution in [2.45, 2.75) is 33.7 Å². The first-order valence-electron chi connectivity index (χ1n) is 5.89. The quantitative estimate of drug-likeness (QED) is 0.880. The first-order valence-corrected chi connectivity index (χ1v) is 5.89. The third kappa shape index (κ3) is 1.82. The molecule has 0 amide bonds.